The van der Waals surface area contributed by atoms with E-state index in [1.807, 2.05) is 60.7 Å². The molecule has 2 aromatic carbocycles. The summed E-state index contributed by atoms with van der Waals surface area (Å²) in [6.45, 7) is 15.5. The van der Waals surface area contributed by atoms with Gasteiger partial charge in [0.2, 0.25) is 0 Å². The van der Waals surface area contributed by atoms with Crippen LogP contribution in [0.15, 0.2) is 60.7 Å². The van der Waals surface area contributed by atoms with Crippen LogP contribution >= 0.6 is 0 Å². The summed E-state index contributed by atoms with van der Waals surface area (Å²) in [4.78, 5) is 15.5. The molecule has 0 spiro atoms. The number of rotatable bonds is 0. The molecule has 0 aliphatic carbocycles. The maximum atomic E-state index is 7.75. The third-order valence-electron chi connectivity index (χ3n) is 1.11. The van der Waals surface area contributed by atoms with E-state index in [1.165, 1.54) is 0 Å². The monoisotopic (exact) mass is 356 g/mol. The third kappa shape index (κ3) is 54.7. The Kier molecular flexibility index (Phi) is 119. The van der Waals surface area contributed by atoms with Crippen molar-refractivity contribution in [3.8, 4) is 0 Å². The van der Waals surface area contributed by atoms with Gasteiger partial charge in [0.1, 0.15) is 0 Å². The summed E-state index contributed by atoms with van der Waals surface area (Å²) in [7, 11) is 0. The van der Waals surface area contributed by atoms with Crippen LogP contribution in [0.4, 0.5) is 0 Å². The Morgan fingerprint density at radius 1 is 0.600 bits per heavy atom. The van der Waals surface area contributed by atoms with E-state index in [4.69, 9.17) is 18.9 Å². The Morgan fingerprint density at radius 2 is 0.750 bits per heavy atom. The molecule has 0 saturated heterocycles. The molecule has 112 valence electrons. The van der Waals surface area contributed by atoms with Crippen molar-refractivity contribution in [3.05, 3.63) is 74.0 Å². The van der Waals surface area contributed by atoms with Gasteiger partial charge in [-0.05, 0) is 0 Å². The molecule has 0 heterocycles. The van der Waals surface area contributed by atoms with E-state index in [1.54, 1.807) is 0 Å². The number of carbonyl (C=O) groups excluding carboxylic acids is 2. The first-order valence-electron chi connectivity index (χ1n) is 4.21. The van der Waals surface area contributed by atoms with E-state index in [9.17, 15) is 0 Å². The molecule has 2 aromatic rings. The second-order valence-electron chi connectivity index (χ2n) is 1.92. The molecule has 2 rings (SSSR count). The van der Waals surface area contributed by atoms with Crippen LogP contribution in [0.5, 0.6) is 0 Å². The number of hydrogen-bond acceptors (Lipinski definition) is 2. The molecular weight excluding hydrogens is 344 g/mol. The van der Waals surface area contributed by atoms with Gasteiger partial charge in [0.15, 0.2) is 0 Å². The predicted molar refractivity (Wildman–Crippen MR) is 65.4 cm³/mol. The Morgan fingerprint density at radius 3 is 0.800 bits per heavy atom. The van der Waals surface area contributed by atoms with Gasteiger partial charge in [-0.25, -0.2) is 24.3 Å². The fourth-order valence-electron chi connectivity index (χ4n) is 0.642. The molecular formula is C14H12Fe2O4-4. The maximum absolute atomic E-state index is 7.75. The summed E-state index contributed by atoms with van der Waals surface area (Å²) >= 11 is 0. The van der Waals surface area contributed by atoms with Crippen molar-refractivity contribution in [1.29, 1.82) is 0 Å². The Hall–Kier alpha value is -1.44. The molecule has 0 aliphatic heterocycles. The smallest absolute Gasteiger partial charge is 0 e. The molecule has 20 heavy (non-hydrogen) atoms. The second-order valence-corrected chi connectivity index (χ2v) is 1.92. The van der Waals surface area contributed by atoms with E-state index in [0.717, 1.165) is 0 Å². The van der Waals surface area contributed by atoms with Crippen molar-refractivity contribution in [2.75, 3.05) is 0 Å². The van der Waals surface area contributed by atoms with Crippen molar-refractivity contribution in [2.45, 2.75) is 0 Å². The maximum Gasteiger partial charge on any atom is 0 e. The van der Waals surface area contributed by atoms with Crippen molar-refractivity contribution in [1.82, 2.24) is 0 Å². The predicted octanol–water partition coefficient (Wildman–Crippen LogP) is 2.18. The van der Waals surface area contributed by atoms with Gasteiger partial charge in [0.05, 0.1) is 0 Å². The molecule has 0 radical (unpaired) electrons. The van der Waals surface area contributed by atoms with Gasteiger partial charge < -0.3 is 9.59 Å². The van der Waals surface area contributed by atoms with Crippen molar-refractivity contribution in [2.24, 2.45) is 0 Å². The summed E-state index contributed by atoms with van der Waals surface area (Å²) in [5.41, 5.74) is 0. The zero-order valence-corrected chi connectivity index (χ0v) is 12.5. The van der Waals surface area contributed by atoms with E-state index in [-0.39, 0.29) is 34.1 Å². The van der Waals surface area contributed by atoms with Crippen LogP contribution in [0.1, 0.15) is 0 Å². The van der Waals surface area contributed by atoms with E-state index in [0.29, 0.717) is 0 Å². The molecule has 0 fully saturated rings. The average molecular weight is 356 g/mol. The molecule has 6 heteroatoms. The topological polar surface area (TPSA) is 73.9 Å². The molecule has 0 bridgehead atoms. The molecule has 0 N–H and O–H groups in total. The molecule has 0 amide bonds. The third-order valence-corrected chi connectivity index (χ3v) is 1.11. The molecule has 0 saturated carbocycles. The molecule has 0 unspecified atom stereocenters. The summed E-state index contributed by atoms with van der Waals surface area (Å²) in [6, 6.07) is 20.0. The standard InChI is InChI=1S/2C5H5.2CHO.2CO.2Fe/c2*1-2-4-5-3-1;4*1-2;;/h2*1-5H;2*1H;;;;/q4*-1;;;;. The summed E-state index contributed by atoms with van der Waals surface area (Å²) in [5, 5.41) is 0. The Labute approximate surface area is 140 Å². The van der Waals surface area contributed by atoms with E-state index in [2.05, 4.69) is 26.9 Å². The first-order chi connectivity index (χ1) is 9.00. The minimum Gasteiger partial charge on any atom is -0.545 e. The van der Waals surface area contributed by atoms with Crippen molar-refractivity contribution < 1.29 is 53.0 Å². The van der Waals surface area contributed by atoms with Crippen LogP contribution in [0.3, 0.4) is 0 Å². The van der Waals surface area contributed by atoms with Gasteiger partial charge in [-0.3, -0.25) is 13.6 Å². The minimum atomic E-state index is 0. The zero-order valence-electron chi connectivity index (χ0n) is 10.3. The van der Waals surface area contributed by atoms with E-state index < -0.39 is 0 Å². The van der Waals surface area contributed by atoms with Crippen LogP contribution in [-0.2, 0) is 53.0 Å². The Balaban J connectivity index is -0.0000000311. The SMILES string of the molecule is [C-]#[O+].[C-]#[O+].[CH-]=O.[CH-]=O.[Fe].[Fe].c1cc[cH-]c1.c1cc[cH-]c1. The van der Waals surface area contributed by atoms with Crippen LogP contribution in [-0.4, -0.2) is 13.6 Å². The minimum absolute atomic E-state index is 0. The summed E-state index contributed by atoms with van der Waals surface area (Å²) in [5.74, 6) is 0. The molecule has 0 atom stereocenters. The molecule has 0 aromatic heterocycles. The van der Waals surface area contributed by atoms with Gasteiger partial charge in [0.25, 0.3) is 0 Å². The Bertz CT molecular complexity index is 247. The fraction of sp³-hybridized carbons (Fsp3) is 0. The van der Waals surface area contributed by atoms with Crippen molar-refractivity contribution in [3.63, 3.8) is 0 Å². The first-order valence-corrected chi connectivity index (χ1v) is 4.21. The largest absolute Gasteiger partial charge is 0.545 e. The normalized spacial score (nSPS) is 4.60. The van der Waals surface area contributed by atoms with Gasteiger partial charge in [0, 0.05) is 34.1 Å². The van der Waals surface area contributed by atoms with E-state index >= 15 is 0 Å². The molecule has 0 aliphatic rings. The van der Waals surface area contributed by atoms with Gasteiger partial charge >= 0.3 is 22.6 Å². The quantitative estimate of drug-likeness (QED) is 0.314. The summed E-state index contributed by atoms with van der Waals surface area (Å²) in [6.07, 6.45) is 0. The van der Waals surface area contributed by atoms with Crippen LogP contribution in [0, 0.1) is 13.3 Å². The average Bonchev–Trinajstić information content (AvgIpc) is 3.25. The van der Waals surface area contributed by atoms with Gasteiger partial charge in [-0.1, -0.05) is 0 Å². The van der Waals surface area contributed by atoms with Crippen LogP contribution in [0.25, 0.3) is 0 Å². The zero-order chi connectivity index (χ0) is 15.1. The van der Waals surface area contributed by atoms with Crippen molar-refractivity contribution >= 4 is 13.6 Å². The number of hydrogen-bond donors (Lipinski definition) is 0. The van der Waals surface area contributed by atoms with Crippen LogP contribution in [0.2, 0.25) is 0 Å². The fourth-order valence-corrected chi connectivity index (χ4v) is 0.642. The van der Waals surface area contributed by atoms with Gasteiger partial charge in [-0.15, -0.1) is 0 Å². The first kappa shape index (κ1) is 36.3. The van der Waals surface area contributed by atoms with Gasteiger partial charge in [-0.2, -0.15) is 36.4 Å². The second kappa shape index (κ2) is 65.7. The summed E-state index contributed by atoms with van der Waals surface area (Å²) < 4.78 is 15.0. The van der Waals surface area contributed by atoms with Crippen LogP contribution < -0.4 is 0 Å². The molecule has 4 nitrogen and oxygen atoms in total.